The summed E-state index contributed by atoms with van der Waals surface area (Å²) in [5.41, 5.74) is 2.75. The minimum atomic E-state index is -1.16. The van der Waals surface area contributed by atoms with E-state index in [4.69, 9.17) is 0 Å². The summed E-state index contributed by atoms with van der Waals surface area (Å²) in [7, 11) is 1.70. The van der Waals surface area contributed by atoms with E-state index in [1.807, 2.05) is 78.7 Å². The topological polar surface area (TPSA) is 73.8 Å². The Labute approximate surface area is 224 Å². The maximum atomic E-state index is 13.5. The molecule has 0 saturated carbocycles. The molecule has 8 heteroatoms. The van der Waals surface area contributed by atoms with Gasteiger partial charge in [-0.3, -0.25) is 19.4 Å². The summed E-state index contributed by atoms with van der Waals surface area (Å²) in [5.74, 6) is -0.535. The van der Waals surface area contributed by atoms with Crippen LogP contribution < -0.4 is 9.80 Å². The fourth-order valence-electron chi connectivity index (χ4n) is 4.59. The first-order valence-corrected chi connectivity index (χ1v) is 12.2. The van der Waals surface area contributed by atoms with E-state index in [9.17, 15) is 14.4 Å². The molecule has 1 aliphatic heterocycles. The first kappa shape index (κ1) is 27.9. The number of aromatic nitrogens is 1. The third-order valence-corrected chi connectivity index (χ3v) is 6.70. The molecule has 0 atom stereocenters. The Morgan fingerprint density at radius 2 is 1.68 bits per heavy atom. The zero-order valence-electron chi connectivity index (χ0n) is 21.7. The highest BCUT2D eigenvalue weighted by molar-refractivity contribution is 6.19. The molecule has 0 bridgehead atoms. The van der Waals surface area contributed by atoms with Gasteiger partial charge in [0.1, 0.15) is 5.41 Å². The number of amides is 3. The van der Waals surface area contributed by atoms with Gasteiger partial charge in [0.2, 0.25) is 11.8 Å². The standard InChI is InChI=1S/C29H32N4O3.ClH/c1-5-33-24-14-13-22(18-25(24)31(4)27(35)29(2,3)28(33)36)20-32(17-15-21-10-9-16-30-19-21)26(34)23-11-7-6-8-12-23;/h6-14,16,18-19H,5,15,17,20H2,1-4H3;1H. The van der Waals surface area contributed by atoms with Gasteiger partial charge in [-0.1, -0.05) is 30.3 Å². The van der Waals surface area contributed by atoms with Gasteiger partial charge < -0.3 is 14.7 Å². The monoisotopic (exact) mass is 520 g/mol. The number of anilines is 2. The van der Waals surface area contributed by atoms with Gasteiger partial charge in [-0.2, -0.15) is 0 Å². The number of hydrogen-bond acceptors (Lipinski definition) is 4. The number of carbonyl (C=O) groups is 3. The molecule has 0 spiro atoms. The van der Waals surface area contributed by atoms with Crippen LogP contribution in [-0.4, -0.2) is 47.7 Å². The molecule has 1 aliphatic rings. The summed E-state index contributed by atoms with van der Waals surface area (Å²) in [4.78, 5) is 49.0. The van der Waals surface area contributed by atoms with Crippen LogP contribution in [0.1, 0.15) is 42.3 Å². The molecule has 0 N–H and O–H groups in total. The number of benzene rings is 2. The highest BCUT2D eigenvalue weighted by Gasteiger charge is 2.45. The minimum Gasteiger partial charge on any atom is -0.334 e. The lowest BCUT2D eigenvalue weighted by molar-refractivity contribution is -0.137. The molecule has 0 radical (unpaired) electrons. The first-order chi connectivity index (χ1) is 17.2. The quantitative estimate of drug-likeness (QED) is 0.422. The molecule has 2 heterocycles. The highest BCUT2D eigenvalue weighted by atomic mass is 35.5. The smallest absolute Gasteiger partial charge is 0.254 e. The van der Waals surface area contributed by atoms with Crippen molar-refractivity contribution in [2.24, 2.45) is 5.41 Å². The van der Waals surface area contributed by atoms with Crippen LogP contribution in [0, 0.1) is 5.41 Å². The lowest BCUT2D eigenvalue weighted by Crippen LogP contribution is -2.47. The lowest BCUT2D eigenvalue weighted by atomic mass is 9.90. The predicted octanol–water partition coefficient (Wildman–Crippen LogP) is 4.74. The van der Waals surface area contributed by atoms with Crippen molar-refractivity contribution >= 4 is 41.5 Å². The molecule has 7 nitrogen and oxygen atoms in total. The Balaban J connectivity index is 0.00000380. The van der Waals surface area contributed by atoms with E-state index in [0.29, 0.717) is 43.0 Å². The molecule has 37 heavy (non-hydrogen) atoms. The van der Waals surface area contributed by atoms with E-state index in [2.05, 4.69) is 4.98 Å². The van der Waals surface area contributed by atoms with Crippen LogP contribution in [0.3, 0.4) is 0 Å². The average Bonchev–Trinajstić information content (AvgIpc) is 2.95. The number of rotatable bonds is 7. The Kier molecular flexibility index (Phi) is 8.71. The zero-order valence-corrected chi connectivity index (χ0v) is 22.5. The molecular weight excluding hydrogens is 488 g/mol. The van der Waals surface area contributed by atoms with Crippen molar-refractivity contribution in [1.82, 2.24) is 9.88 Å². The van der Waals surface area contributed by atoms with Crippen molar-refractivity contribution in [3.63, 3.8) is 0 Å². The third kappa shape index (κ3) is 5.67. The second kappa shape index (κ2) is 11.6. The molecule has 4 rings (SSSR count). The largest absolute Gasteiger partial charge is 0.334 e. The first-order valence-electron chi connectivity index (χ1n) is 12.2. The second-order valence-electron chi connectivity index (χ2n) is 9.57. The molecule has 2 aromatic carbocycles. The van der Waals surface area contributed by atoms with E-state index in [-0.39, 0.29) is 30.1 Å². The van der Waals surface area contributed by atoms with Crippen LogP contribution in [-0.2, 0) is 22.6 Å². The molecule has 1 aromatic heterocycles. The van der Waals surface area contributed by atoms with Gasteiger partial charge in [-0.25, -0.2) is 0 Å². The fourth-order valence-corrected chi connectivity index (χ4v) is 4.59. The van der Waals surface area contributed by atoms with Crippen LogP contribution in [0.15, 0.2) is 73.1 Å². The highest BCUT2D eigenvalue weighted by Crippen LogP contribution is 2.39. The summed E-state index contributed by atoms with van der Waals surface area (Å²) in [6.45, 7) is 6.58. The fraction of sp³-hybridized carbons (Fsp3) is 0.310. The normalized spacial score (nSPS) is 14.5. The number of nitrogens with zero attached hydrogens (tertiary/aromatic N) is 4. The maximum absolute atomic E-state index is 13.5. The van der Waals surface area contributed by atoms with E-state index in [0.717, 1.165) is 11.1 Å². The Bertz CT molecular complexity index is 1260. The molecule has 0 aliphatic carbocycles. The molecule has 194 valence electrons. The number of pyridine rings is 1. The van der Waals surface area contributed by atoms with Crippen molar-refractivity contribution in [2.45, 2.75) is 33.7 Å². The minimum absolute atomic E-state index is 0. The Morgan fingerprint density at radius 1 is 0.946 bits per heavy atom. The van der Waals surface area contributed by atoms with Gasteiger partial charge in [-0.15, -0.1) is 12.4 Å². The number of hydrogen-bond donors (Lipinski definition) is 0. The van der Waals surface area contributed by atoms with E-state index >= 15 is 0 Å². The van der Waals surface area contributed by atoms with Crippen molar-refractivity contribution in [3.05, 3.63) is 89.7 Å². The van der Waals surface area contributed by atoms with Crippen molar-refractivity contribution < 1.29 is 14.4 Å². The van der Waals surface area contributed by atoms with Crippen molar-refractivity contribution in [2.75, 3.05) is 29.9 Å². The van der Waals surface area contributed by atoms with E-state index in [1.165, 1.54) is 0 Å². The van der Waals surface area contributed by atoms with Crippen LogP contribution in [0.2, 0.25) is 0 Å². The molecule has 0 unspecified atom stereocenters. The van der Waals surface area contributed by atoms with Gasteiger partial charge in [0, 0.05) is 44.6 Å². The number of halogens is 1. The second-order valence-corrected chi connectivity index (χ2v) is 9.57. The van der Waals surface area contributed by atoms with Crippen LogP contribution in [0.5, 0.6) is 0 Å². The van der Waals surface area contributed by atoms with Gasteiger partial charge in [0.15, 0.2) is 0 Å². The molecule has 0 saturated heterocycles. The van der Waals surface area contributed by atoms with Gasteiger partial charge in [0.05, 0.1) is 11.4 Å². The number of fused-ring (bicyclic) bond motifs is 1. The Hall–Kier alpha value is -3.71. The van der Waals surface area contributed by atoms with Crippen LogP contribution >= 0.6 is 12.4 Å². The summed E-state index contributed by atoms with van der Waals surface area (Å²) in [5, 5.41) is 0. The van der Waals surface area contributed by atoms with Gasteiger partial charge >= 0.3 is 0 Å². The Morgan fingerprint density at radius 3 is 2.32 bits per heavy atom. The molecule has 0 fully saturated rings. The summed E-state index contributed by atoms with van der Waals surface area (Å²) in [6.07, 6.45) is 4.21. The van der Waals surface area contributed by atoms with E-state index < -0.39 is 5.41 Å². The maximum Gasteiger partial charge on any atom is 0.254 e. The molecule has 3 aromatic rings. The zero-order chi connectivity index (χ0) is 25.9. The average molecular weight is 521 g/mol. The van der Waals surface area contributed by atoms with Crippen LogP contribution in [0.25, 0.3) is 0 Å². The predicted molar refractivity (Wildman–Crippen MR) is 148 cm³/mol. The van der Waals surface area contributed by atoms with Crippen LogP contribution in [0.4, 0.5) is 11.4 Å². The SMILES string of the molecule is CCN1C(=O)C(C)(C)C(=O)N(C)c2cc(CN(CCc3cccnc3)C(=O)c3ccccc3)ccc21.Cl. The van der Waals surface area contributed by atoms with Crippen molar-refractivity contribution in [3.8, 4) is 0 Å². The van der Waals surface area contributed by atoms with Gasteiger partial charge in [0.25, 0.3) is 5.91 Å². The third-order valence-electron chi connectivity index (χ3n) is 6.70. The van der Waals surface area contributed by atoms with E-state index in [1.54, 1.807) is 36.9 Å². The number of carbonyl (C=O) groups excluding carboxylic acids is 3. The molecule has 3 amide bonds. The van der Waals surface area contributed by atoms with Crippen molar-refractivity contribution in [1.29, 1.82) is 0 Å². The lowest BCUT2D eigenvalue weighted by Gasteiger charge is -2.27. The van der Waals surface area contributed by atoms with Gasteiger partial charge in [-0.05, 0) is 68.7 Å². The summed E-state index contributed by atoms with van der Waals surface area (Å²) < 4.78 is 0. The molecular formula is C29H33ClN4O3. The summed E-state index contributed by atoms with van der Waals surface area (Å²) >= 11 is 0. The summed E-state index contributed by atoms with van der Waals surface area (Å²) in [6, 6.07) is 18.8.